The minimum atomic E-state index is 0.105. The van der Waals surface area contributed by atoms with Crippen molar-refractivity contribution in [3.05, 3.63) is 56.9 Å². The summed E-state index contributed by atoms with van der Waals surface area (Å²) >= 11 is 3.46. The summed E-state index contributed by atoms with van der Waals surface area (Å²) in [4.78, 5) is 12.3. The minimum absolute atomic E-state index is 0.105. The second-order valence-electron chi connectivity index (χ2n) is 4.41. The number of Topliss-reactive ketones (excluding diaryl/α,β-unsaturated/α-hetero) is 1. The number of furan rings is 1. The molecule has 0 aliphatic rings. The summed E-state index contributed by atoms with van der Waals surface area (Å²) in [7, 11) is 0. The minimum Gasteiger partial charge on any atom is -0.466 e. The van der Waals surface area contributed by atoms with Crippen molar-refractivity contribution in [3.63, 3.8) is 0 Å². The fourth-order valence-electron chi connectivity index (χ4n) is 2.11. The van der Waals surface area contributed by atoms with Gasteiger partial charge >= 0.3 is 0 Å². The highest BCUT2D eigenvalue weighted by Crippen LogP contribution is 2.24. The van der Waals surface area contributed by atoms with Crippen LogP contribution in [-0.4, -0.2) is 5.78 Å². The summed E-state index contributed by atoms with van der Waals surface area (Å²) in [5.41, 5.74) is 2.67. The van der Waals surface area contributed by atoms with Crippen molar-refractivity contribution in [1.29, 1.82) is 0 Å². The third-order valence-electron chi connectivity index (χ3n) is 3.15. The third-order valence-corrected chi connectivity index (χ3v) is 3.92. The van der Waals surface area contributed by atoms with E-state index in [2.05, 4.69) is 15.9 Å². The smallest absolute Gasteiger partial charge is 0.171 e. The van der Waals surface area contributed by atoms with E-state index in [0.717, 1.165) is 26.9 Å². The van der Waals surface area contributed by atoms with Crippen molar-refractivity contribution in [2.24, 2.45) is 0 Å². The van der Waals surface area contributed by atoms with Crippen molar-refractivity contribution in [3.8, 4) is 0 Å². The van der Waals surface area contributed by atoms with Gasteiger partial charge in [-0.25, -0.2) is 0 Å². The maximum atomic E-state index is 12.3. The van der Waals surface area contributed by atoms with Gasteiger partial charge in [-0.05, 0) is 32.4 Å². The molecule has 3 heteroatoms. The van der Waals surface area contributed by atoms with Gasteiger partial charge in [-0.3, -0.25) is 4.79 Å². The van der Waals surface area contributed by atoms with Crippen LogP contribution in [0.2, 0.25) is 0 Å². The number of carbonyl (C=O) groups excluding carboxylic acids is 1. The zero-order valence-electron chi connectivity index (χ0n) is 10.7. The van der Waals surface area contributed by atoms with Gasteiger partial charge in [0.1, 0.15) is 11.5 Å². The molecule has 2 nitrogen and oxygen atoms in total. The molecule has 1 heterocycles. The predicted octanol–water partition coefficient (Wildman–Crippen LogP) is 4.39. The number of hydrogen-bond acceptors (Lipinski definition) is 2. The number of carbonyl (C=O) groups is 1. The molecule has 1 aromatic heterocycles. The van der Waals surface area contributed by atoms with E-state index in [-0.39, 0.29) is 5.78 Å². The van der Waals surface area contributed by atoms with Crippen LogP contribution in [0.5, 0.6) is 0 Å². The first-order valence-corrected chi connectivity index (χ1v) is 6.63. The molecule has 0 spiro atoms. The molecule has 0 fully saturated rings. The molecule has 0 amide bonds. The van der Waals surface area contributed by atoms with Crippen LogP contribution >= 0.6 is 15.9 Å². The molecular weight excluding hydrogens is 292 g/mol. The lowest BCUT2D eigenvalue weighted by molar-refractivity contribution is 0.0991. The van der Waals surface area contributed by atoms with Gasteiger partial charge in [-0.15, -0.1) is 0 Å². The van der Waals surface area contributed by atoms with Gasteiger partial charge in [0.05, 0.1) is 5.56 Å². The van der Waals surface area contributed by atoms with Crippen molar-refractivity contribution in [2.45, 2.75) is 27.2 Å². The molecule has 0 saturated heterocycles. The zero-order valence-corrected chi connectivity index (χ0v) is 12.3. The molecule has 0 atom stereocenters. The predicted molar refractivity (Wildman–Crippen MR) is 75.1 cm³/mol. The Bertz CT molecular complexity index is 597. The van der Waals surface area contributed by atoms with Crippen LogP contribution in [0.1, 0.15) is 33.0 Å². The molecular formula is C15H15BrO2. The molecule has 0 saturated carbocycles. The van der Waals surface area contributed by atoms with Crippen LogP contribution in [0.25, 0.3) is 0 Å². The van der Waals surface area contributed by atoms with E-state index in [9.17, 15) is 4.79 Å². The highest BCUT2D eigenvalue weighted by Gasteiger charge is 2.19. The standard InChI is InChI=1S/C15H15BrO2/c1-9-10(2)18-11(3)15(9)14(17)8-12-6-4-5-7-13(12)16/h4-7H,8H2,1-3H3. The molecule has 94 valence electrons. The van der Waals surface area contributed by atoms with E-state index < -0.39 is 0 Å². The van der Waals surface area contributed by atoms with E-state index in [1.54, 1.807) is 0 Å². The second-order valence-corrected chi connectivity index (χ2v) is 5.26. The highest BCUT2D eigenvalue weighted by atomic mass is 79.9. The van der Waals surface area contributed by atoms with Gasteiger partial charge in [0, 0.05) is 16.5 Å². The third kappa shape index (κ3) is 2.41. The Morgan fingerprint density at radius 3 is 2.39 bits per heavy atom. The van der Waals surface area contributed by atoms with Gasteiger partial charge in [-0.1, -0.05) is 34.1 Å². The molecule has 0 unspecified atom stereocenters. The van der Waals surface area contributed by atoms with E-state index in [1.165, 1.54) is 0 Å². The number of ketones is 1. The molecule has 0 bridgehead atoms. The summed E-state index contributed by atoms with van der Waals surface area (Å²) in [5, 5.41) is 0. The van der Waals surface area contributed by atoms with Crippen molar-refractivity contribution >= 4 is 21.7 Å². The van der Waals surface area contributed by atoms with Crippen LogP contribution < -0.4 is 0 Å². The van der Waals surface area contributed by atoms with Crippen LogP contribution in [0.3, 0.4) is 0 Å². The van der Waals surface area contributed by atoms with E-state index >= 15 is 0 Å². The fourth-order valence-corrected chi connectivity index (χ4v) is 2.53. The number of benzene rings is 1. The Morgan fingerprint density at radius 1 is 1.17 bits per heavy atom. The Morgan fingerprint density at radius 2 is 1.83 bits per heavy atom. The van der Waals surface area contributed by atoms with Crippen LogP contribution in [0.4, 0.5) is 0 Å². The van der Waals surface area contributed by atoms with E-state index in [0.29, 0.717) is 12.2 Å². The summed E-state index contributed by atoms with van der Waals surface area (Å²) in [6.45, 7) is 5.66. The summed E-state index contributed by atoms with van der Waals surface area (Å²) in [6.07, 6.45) is 0.391. The average Bonchev–Trinajstić information content (AvgIpc) is 2.56. The normalized spacial score (nSPS) is 10.7. The maximum Gasteiger partial charge on any atom is 0.171 e. The molecule has 18 heavy (non-hydrogen) atoms. The maximum absolute atomic E-state index is 12.3. The van der Waals surface area contributed by atoms with Gasteiger partial charge in [0.25, 0.3) is 0 Å². The van der Waals surface area contributed by atoms with Crippen LogP contribution in [0, 0.1) is 20.8 Å². The van der Waals surface area contributed by atoms with Crippen LogP contribution in [-0.2, 0) is 6.42 Å². The first-order valence-electron chi connectivity index (χ1n) is 5.84. The van der Waals surface area contributed by atoms with Gasteiger partial charge in [0.15, 0.2) is 5.78 Å². The molecule has 0 N–H and O–H groups in total. The van der Waals surface area contributed by atoms with Gasteiger partial charge in [-0.2, -0.15) is 0 Å². The number of halogens is 1. The Kier molecular flexibility index (Phi) is 3.71. The second kappa shape index (κ2) is 5.11. The SMILES string of the molecule is Cc1oc(C)c(C(=O)Cc2ccccc2Br)c1C. The molecule has 0 radical (unpaired) electrons. The van der Waals surface area contributed by atoms with E-state index in [4.69, 9.17) is 4.42 Å². The monoisotopic (exact) mass is 306 g/mol. The van der Waals surface area contributed by atoms with Gasteiger partial charge < -0.3 is 4.42 Å². The topological polar surface area (TPSA) is 30.2 Å². The summed E-state index contributed by atoms with van der Waals surface area (Å²) in [5.74, 6) is 1.64. The first kappa shape index (κ1) is 13.1. The molecule has 2 aromatic rings. The lowest BCUT2D eigenvalue weighted by atomic mass is 10.00. The van der Waals surface area contributed by atoms with Gasteiger partial charge in [0.2, 0.25) is 0 Å². The largest absolute Gasteiger partial charge is 0.466 e. The zero-order chi connectivity index (χ0) is 13.3. The number of rotatable bonds is 3. The summed E-state index contributed by atoms with van der Waals surface area (Å²) in [6, 6.07) is 7.78. The Balaban J connectivity index is 2.31. The average molecular weight is 307 g/mol. The fraction of sp³-hybridized carbons (Fsp3) is 0.267. The molecule has 0 aliphatic carbocycles. The van der Waals surface area contributed by atoms with Crippen LogP contribution in [0.15, 0.2) is 33.2 Å². The lowest BCUT2D eigenvalue weighted by Gasteiger charge is -2.04. The molecule has 2 rings (SSSR count). The Labute approximate surface area is 115 Å². The number of aryl methyl sites for hydroxylation is 2. The van der Waals surface area contributed by atoms with Crippen molar-refractivity contribution in [2.75, 3.05) is 0 Å². The Hall–Kier alpha value is -1.35. The first-order chi connectivity index (χ1) is 8.50. The number of hydrogen-bond donors (Lipinski definition) is 0. The quantitative estimate of drug-likeness (QED) is 0.787. The van der Waals surface area contributed by atoms with E-state index in [1.807, 2.05) is 45.0 Å². The highest BCUT2D eigenvalue weighted by molar-refractivity contribution is 9.10. The molecule has 1 aromatic carbocycles. The van der Waals surface area contributed by atoms with Crippen molar-refractivity contribution < 1.29 is 9.21 Å². The molecule has 0 aliphatic heterocycles. The summed E-state index contributed by atoms with van der Waals surface area (Å²) < 4.78 is 6.47. The lowest BCUT2D eigenvalue weighted by Crippen LogP contribution is -2.06. The van der Waals surface area contributed by atoms with Crippen molar-refractivity contribution in [1.82, 2.24) is 0 Å².